The molecule has 3 nitrogen and oxygen atoms in total. The van der Waals surface area contributed by atoms with Gasteiger partial charge in [0.25, 0.3) is 0 Å². The topological polar surface area (TPSA) is 38.3 Å². The molecule has 0 aromatic heterocycles. The van der Waals surface area contributed by atoms with Crippen molar-refractivity contribution in [3.63, 3.8) is 0 Å². The molecule has 0 spiro atoms. The molecular formula is C13H14F5NO2. The molecule has 1 aromatic rings. The van der Waals surface area contributed by atoms with Crippen LogP contribution < -0.4 is 5.32 Å². The standard InChI is InChI=1S/C13H14F5NO2/c1-3-5-6(13(20)21-4-2)19-12-10(17)8(15)7(14)9(16)11(12)18/h6,19H,3-5H2,1-2H3. The fourth-order valence-electron chi connectivity index (χ4n) is 1.69. The van der Waals surface area contributed by atoms with Gasteiger partial charge in [-0.15, -0.1) is 0 Å². The Labute approximate surface area is 118 Å². The van der Waals surface area contributed by atoms with Gasteiger partial charge in [0.1, 0.15) is 11.7 Å². The number of anilines is 1. The fourth-order valence-corrected chi connectivity index (χ4v) is 1.69. The number of hydrogen-bond donors (Lipinski definition) is 1. The van der Waals surface area contributed by atoms with E-state index in [9.17, 15) is 26.7 Å². The van der Waals surface area contributed by atoms with E-state index in [0.29, 0.717) is 6.42 Å². The van der Waals surface area contributed by atoms with E-state index in [2.05, 4.69) is 4.74 Å². The second kappa shape index (κ2) is 7.24. The quantitative estimate of drug-likeness (QED) is 0.378. The smallest absolute Gasteiger partial charge is 0.328 e. The molecule has 21 heavy (non-hydrogen) atoms. The van der Waals surface area contributed by atoms with Crippen LogP contribution in [0.5, 0.6) is 0 Å². The lowest BCUT2D eigenvalue weighted by Crippen LogP contribution is -2.32. The van der Waals surface area contributed by atoms with Crippen LogP contribution in [0.15, 0.2) is 0 Å². The number of hydrogen-bond acceptors (Lipinski definition) is 3. The first-order valence-electron chi connectivity index (χ1n) is 6.29. The number of carbonyl (C=O) groups excluding carboxylic acids is 1. The lowest BCUT2D eigenvalue weighted by molar-refractivity contribution is -0.144. The lowest BCUT2D eigenvalue weighted by atomic mass is 10.1. The summed E-state index contributed by atoms with van der Waals surface area (Å²) in [7, 11) is 0. The van der Waals surface area contributed by atoms with E-state index >= 15 is 0 Å². The molecule has 0 radical (unpaired) electrons. The monoisotopic (exact) mass is 311 g/mol. The summed E-state index contributed by atoms with van der Waals surface area (Å²) in [6.45, 7) is 3.24. The summed E-state index contributed by atoms with van der Waals surface area (Å²) in [6.07, 6.45) is 0.546. The van der Waals surface area contributed by atoms with Crippen molar-refractivity contribution in [3.8, 4) is 0 Å². The van der Waals surface area contributed by atoms with Crippen LogP contribution in [-0.4, -0.2) is 18.6 Å². The average molecular weight is 311 g/mol. The molecule has 0 aliphatic rings. The van der Waals surface area contributed by atoms with Gasteiger partial charge in [-0.3, -0.25) is 0 Å². The fraction of sp³-hybridized carbons (Fsp3) is 0.462. The summed E-state index contributed by atoms with van der Waals surface area (Å²) in [5.74, 6) is -11.3. The third-order valence-electron chi connectivity index (χ3n) is 2.68. The first-order chi connectivity index (χ1) is 9.84. The van der Waals surface area contributed by atoms with Gasteiger partial charge in [0.2, 0.25) is 5.82 Å². The maximum Gasteiger partial charge on any atom is 0.328 e. The zero-order chi connectivity index (χ0) is 16.2. The number of ether oxygens (including phenoxy) is 1. The molecule has 0 aliphatic carbocycles. The van der Waals surface area contributed by atoms with Crippen LogP contribution in [0.3, 0.4) is 0 Å². The molecule has 0 saturated carbocycles. The molecule has 1 aromatic carbocycles. The van der Waals surface area contributed by atoms with Gasteiger partial charge in [-0.2, -0.15) is 0 Å². The van der Waals surface area contributed by atoms with E-state index in [-0.39, 0.29) is 13.0 Å². The number of carbonyl (C=O) groups is 1. The summed E-state index contributed by atoms with van der Waals surface area (Å²) in [6, 6.07) is -1.21. The van der Waals surface area contributed by atoms with E-state index in [1.807, 2.05) is 5.32 Å². The number of nitrogens with one attached hydrogen (secondary N) is 1. The van der Waals surface area contributed by atoms with Crippen molar-refractivity contribution >= 4 is 11.7 Å². The van der Waals surface area contributed by atoms with E-state index in [1.165, 1.54) is 6.92 Å². The number of esters is 1. The van der Waals surface area contributed by atoms with Crippen LogP contribution >= 0.6 is 0 Å². The first kappa shape index (κ1) is 17.2. The molecule has 8 heteroatoms. The number of benzene rings is 1. The molecule has 0 amide bonds. The minimum absolute atomic E-state index is 0.0256. The van der Waals surface area contributed by atoms with Crippen molar-refractivity contribution in [2.75, 3.05) is 11.9 Å². The van der Waals surface area contributed by atoms with E-state index in [1.54, 1.807) is 6.92 Å². The Kier molecular flexibility index (Phi) is 5.92. The normalized spacial score (nSPS) is 12.1. The summed E-state index contributed by atoms with van der Waals surface area (Å²) < 4.78 is 70.8. The van der Waals surface area contributed by atoms with Crippen LogP contribution in [0, 0.1) is 29.1 Å². The summed E-state index contributed by atoms with van der Waals surface area (Å²) >= 11 is 0. The largest absolute Gasteiger partial charge is 0.464 e. The Bertz CT molecular complexity index is 507. The molecule has 0 heterocycles. The maximum atomic E-state index is 13.5. The molecule has 0 saturated heterocycles. The highest BCUT2D eigenvalue weighted by atomic mass is 19.2. The molecule has 118 valence electrons. The minimum Gasteiger partial charge on any atom is -0.464 e. The van der Waals surface area contributed by atoms with Crippen molar-refractivity contribution in [2.45, 2.75) is 32.7 Å². The SMILES string of the molecule is CCCC(Nc1c(F)c(F)c(F)c(F)c1F)C(=O)OCC. The third kappa shape index (κ3) is 3.62. The molecule has 1 unspecified atom stereocenters. The van der Waals surface area contributed by atoms with Crippen molar-refractivity contribution in [1.82, 2.24) is 0 Å². The average Bonchev–Trinajstić information content (AvgIpc) is 2.46. The van der Waals surface area contributed by atoms with Crippen LogP contribution in [0.2, 0.25) is 0 Å². The zero-order valence-corrected chi connectivity index (χ0v) is 11.4. The number of halogens is 5. The summed E-state index contributed by atoms with van der Waals surface area (Å²) in [4.78, 5) is 11.6. The lowest BCUT2D eigenvalue weighted by Gasteiger charge is -2.19. The van der Waals surface area contributed by atoms with Crippen LogP contribution in [0.25, 0.3) is 0 Å². The maximum absolute atomic E-state index is 13.5. The molecule has 1 atom stereocenters. The van der Waals surface area contributed by atoms with Gasteiger partial charge in [-0.25, -0.2) is 26.7 Å². The second-order valence-electron chi connectivity index (χ2n) is 4.18. The minimum atomic E-state index is -2.25. The Hall–Kier alpha value is -1.86. The molecule has 0 fully saturated rings. The zero-order valence-electron chi connectivity index (χ0n) is 11.4. The van der Waals surface area contributed by atoms with Crippen LogP contribution in [0.1, 0.15) is 26.7 Å². The predicted molar refractivity (Wildman–Crippen MR) is 65.2 cm³/mol. The second-order valence-corrected chi connectivity index (χ2v) is 4.18. The highest BCUT2D eigenvalue weighted by molar-refractivity contribution is 5.79. The molecule has 1 N–H and O–H groups in total. The van der Waals surface area contributed by atoms with Gasteiger partial charge in [0, 0.05) is 0 Å². The summed E-state index contributed by atoms with van der Waals surface area (Å²) in [5.41, 5.74) is -1.24. The van der Waals surface area contributed by atoms with Gasteiger partial charge < -0.3 is 10.1 Å². The Balaban J connectivity index is 3.18. The van der Waals surface area contributed by atoms with Gasteiger partial charge >= 0.3 is 5.97 Å². The van der Waals surface area contributed by atoms with Crippen molar-refractivity contribution in [3.05, 3.63) is 29.1 Å². The molecular weight excluding hydrogens is 297 g/mol. The summed E-state index contributed by atoms with van der Waals surface area (Å²) in [5, 5.41) is 2.04. The molecule has 1 rings (SSSR count). The van der Waals surface area contributed by atoms with Gasteiger partial charge in [-0.05, 0) is 13.3 Å². The van der Waals surface area contributed by atoms with Gasteiger partial charge in [0.05, 0.1) is 6.61 Å². The Morgan fingerprint density at radius 3 is 1.90 bits per heavy atom. The van der Waals surface area contributed by atoms with Crippen molar-refractivity contribution in [2.24, 2.45) is 0 Å². The van der Waals surface area contributed by atoms with E-state index < -0.39 is 46.8 Å². The van der Waals surface area contributed by atoms with E-state index in [4.69, 9.17) is 0 Å². The van der Waals surface area contributed by atoms with Crippen LogP contribution in [0.4, 0.5) is 27.6 Å². The first-order valence-corrected chi connectivity index (χ1v) is 6.29. The highest BCUT2D eigenvalue weighted by Crippen LogP contribution is 2.28. The van der Waals surface area contributed by atoms with Gasteiger partial charge in [-0.1, -0.05) is 13.3 Å². The van der Waals surface area contributed by atoms with Gasteiger partial charge in [0.15, 0.2) is 23.3 Å². The van der Waals surface area contributed by atoms with Crippen molar-refractivity contribution in [1.29, 1.82) is 0 Å². The predicted octanol–water partition coefficient (Wildman–Crippen LogP) is 3.53. The van der Waals surface area contributed by atoms with E-state index in [0.717, 1.165) is 0 Å². The van der Waals surface area contributed by atoms with Crippen LogP contribution in [-0.2, 0) is 9.53 Å². The van der Waals surface area contributed by atoms with Crippen molar-refractivity contribution < 1.29 is 31.5 Å². The third-order valence-corrected chi connectivity index (χ3v) is 2.68. The molecule has 0 bridgehead atoms. The Morgan fingerprint density at radius 2 is 1.48 bits per heavy atom. The molecule has 0 aliphatic heterocycles. The highest BCUT2D eigenvalue weighted by Gasteiger charge is 2.29. The Morgan fingerprint density at radius 1 is 1.00 bits per heavy atom. The number of rotatable bonds is 6.